The molecule has 0 fully saturated rings. The fourth-order valence-electron chi connectivity index (χ4n) is 0.897. The number of hydrogen-bond acceptors (Lipinski definition) is 1. The highest BCUT2D eigenvalue weighted by Gasteiger charge is 2.40. The molecule has 0 saturated carbocycles. The van der Waals surface area contributed by atoms with Gasteiger partial charge in [-0.25, -0.2) is 0 Å². The maximum absolute atomic E-state index is 11.2. The third kappa shape index (κ3) is 2.09. The Bertz CT molecular complexity index is 181. The molecule has 0 N–H and O–H groups in total. The summed E-state index contributed by atoms with van der Waals surface area (Å²) in [6.45, 7) is 12.7. The van der Waals surface area contributed by atoms with Crippen LogP contribution >= 0.6 is 0 Å². The summed E-state index contributed by atoms with van der Waals surface area (Å²) >= 11 is 0. The molecule has 0 aromatic rings. The minimum Gasteiger partial charge on any atom is -0.372 e. The second-order valence-electron chi connectivity index (χ2n) is 4.89. The molecular formula is C9H21NOSi. The van der Waals surface area contributed by atoms with Gasteiger partial charge in [0.1, 0.15) is 0 Å². The SMILES string of the molecule is CC(=O)N(C)[Si](C)(C)C(C)(C)C. The standard InChI is InChI=1S/C9H21NOSi/c1-8(11)10(5)12(6,7)9(2,3)4/h1-7H3. The predicted molar refractivity (Wildman–Crippen MR) is 55.6 cm³/mol. The zero-order chi connectivity index (χ0) is 10.2. The molecule has 0 radical (unpaired) electrons. The van der Waals surface area contributed by atoms with Gasteiger partial charge in [-0.3, -0.25) is 4.79 Å². The summed E-state index contributed by atoms with van der Waals surface area (Å²) in [6.07, 6.45) is 0. The number of hydrogen-bond donors (Lipinski definition) is 0. The van der Waals surface area contributed by atoms with Gasteiger partial charge in [0.15, 0.2) is 8.24 Å². The minimum absolute atomic E-state index is 0.182. The van der Waals surface area contributed by atoms with E-state index in [0.717, 1.165) is 0 Å². The van der Waals surface area contributed by atoms with Crippen molar-refractivity contribution in [3.63, 3.8) is 0 Å². The summed E-state index contributed by atoms with van der Waals surface area (Å²) in [5, 5.41) is 0.243. The summed E-state index contributed by atoms with van der Waals surface area (Å²) in [7, 11) is 0.329. The van der Waals surface area contributed by atoms with Gasteiger partial charge in [0.2, 0.25) is 5.91 Å². The Morgan fingerprint density at radius 3 is 1.67 bits per heavy atom. The van der Waals surface area contributed by atoms with Gasteiger partial charge >= 0.3 is 0 Å². The Morgan fingerprint density at radius 2 is 1.58 bits per heavy atom. The Kier molecular flexibility index (Phi) is 3.12. The summed E-state index contributed by atoms with van der Waals surface area (Å²) in [4.78, 5) is 11.2. The first kappa shape index (κ1) is 11.7. The van der Waals surface area contributed by atoms with E-state index < -0.39 is 8.24 Å². The minimum atomic E-state index is -1.59. The molecule has 0 bridgehead atoms. The molecule has 0 aliphatic carbocycles. The van der Waals surface area contributed by atoms with Gasteiger partial charge in [0, 0.05) is 14.0 Å². The summed E-state index contributed by atoms with van der Waals surface area (Å²) in [5.41, 5.74) is 0. The van der Waals surface area contributed by atoms with E-state index in [-0.39, 0.29) is 10.9 Å². The van der Waals surface area contributed by atoms with Crippen molar-refractivity contribution in [2.24, 2.45) is 0 Å². The highest BCUT2D eigenvalue weighted by molar-refractivity contribution is 6.79. The van der Waals surface area contributed by atoms with Crippen molar-refractivity contribution < 1.29 is 4.79 Å². The molecule has 0 spiro atoms. The Labute approximate surface area is 77.0 Å². The number of rotatable bonds is 1. The lowest BCUT2D eigenvalue weighted by Gasteiger charge is -2.43. The predicted octanol–water partition coefficient (Wildman–Crippen LogP) is 2.47. The third-order valence-electron chi connectivity index (χ3n) is 3.15. The number of amides is 1. The maximum atomic E-state index is 11.2. The molecule has 0 aliphatic rings. The van der Waals surface area contributed by atoms with Crippen LogP contribution in [-0.4, -0.2) is 25.8 Å². The number of carbonyl (C=O) groups is 1. The molecule has 0 heterocycles. The number of carbonyl (C=O) groups excluding carboxylic acids is 1. The lowest BCUT2D eigenvalue weighted by Crippen LogP contribution is -2.54. The molecular weight excluding hydrogens is 166 g/mol. The first-order valence-electron chi connectivity index (χ1n) is 4.35. The highest BCUT2D eigenvalue weighted by Crippen LogP contribution is 2.37. The van der Waals surface area contributed by atoms with E-state index in [2.05, 4.69) is 33.9 Å². The normalized spacial score (nSPS) is 12.9. The lowest BCUT2D eigenvalue weighted by atomic mass is 10.2. The monoisotopic (exact) mass is 187 g/mol. The van der Waals surface area contributed by atoms with Crippen molar-refractivity contribution in [2.45, 2.75) is 45.8 Å². The van der Waals surface area contributed by atoms with Crippen molar-refractivity contribution in [3.8, 4) is 0 Å². The molecule has 0 unspecified atom stereocenters. The molecule has 1 amide bonds. The van der Waals surface area contributed by atoms with Gasteiger partial charge < -0.3 is 4.57 Å². The Morgan fingerprint density at radius 1 is 1.25 bits per heavy atom. The smallest absolute Gasteiger partial charge is 0.211 e. The Balaban J connectivity index is 4.73. The topological polar surface area (TPSA) is 20.3 Å². The van der Waals surface area contributed by atoms with Gasteiger partial charge in [-0.1, -0.05) is 33.9 Å². The van der Waals surface area contributed by atoms with Crippen LogP contribution < -0.4 is 0 Å². The molecule has 0 aliphatic heterocycles. The maximum Gasteiger partial charge on any atom is 0.211 e. The van der Waals surface area contributed by atoms with Crippen molar-refractivity contribution in [3.05, 3.63) is 0 Å². The highest BCUT2D eigenvalue weighted by atomic mass is 28.3. The van der Waals surface area contributed by atoms with Crippen molar-refractivity contribution >= 4 is 14.1 Å². The van der Waals surface area contributed by atoms with Gasteiger partial charge in [-0.15, -0.1) is 0 Å². The van der Waals surface area contributed by atoms with Gasteiger partial charge in [0.25, 0.3) is 0 Å². The molecule has 12 heavy (non-hydrogen) atoms. The lowest BCUT2D eigenvalue weighted by molar-refractivity contribution is -0.124. The van der Waals surface area contributed by atoms with Crippen LogP contribution in [0.3, 0.4) is 0 Å². The average molecular weight is 187 g/mol. The second kappa shape index (κ2) is 3.21. The zero-order valence-electron chi connectivity index (χ0n) is 9.36. The van der Waals surface area contributed by atoms with Crippen LogP contribution in [0.4, 0.5) is 0 Å². The zero-order valence-corrected chi connectivity index (χ0v) is 10.4. The first-order valence-corrected chi connectivity index (χ1v) is 7.30. The Hall–Kier alpha value is -0.313. The molecule has 0 rings (SSSR count). The molecule has 0 atom stereocenters. The fourth-order valence-corrected chi connectivity index (χ4v) is 2.69. The van der Waals surface area contributed by atoms with Crippen LogP contribution in [0.25, 0.3) is 0 Å². The van der Waals surface area contributed by atoms with Crippen molar-refractivity contribution in [1.29, 1.82) is 0 Å². The van der Waals surface area contributed by atoms with E-state index in [9.17, 15) is 4.79 Å². The molecule has 72 valence electrons. The number of nitrogens with zero attached hydrogens (tertiary/aromatic N) is 1. The van der Waals surface area contributed by atoms with Crippen LogP contribution in [0.1, 0.15) is 27.7 Å². The summed E-state index contributed by atoms with van der Waals surface area (Å²) in [6, 6.07) is 0. The fraction of sp³-hybridized carbons (Fsp3) is 0.889. The van der Waals surface area contributed by atoms with Crippen molar-refractivity contribution in [1.82, 2.24) is 4.57 Å². The van der Waals surface area contributed by atoms with Crippen LogP contribution in [-0.2, 0) is 4.79 Å². The van der Waals surface area contributed by atoms with E-state index in [1.165, 1.54) is 0 Å². The largest absolute Gasteiger partial charge is 0.372 e. The second-order valence-corrected chi connectivity index (χ2v) is 10.2. The van der Waals surface area contributed by atoms with E-state index in [4.69, 9.17) is 0 Å². The van der Waals surface area contributed by atoms with E-state index in [1.54, 1.807) is 6.92 Å². The average Bonchev–Trinajstić information content (AvgIpc) is 1.83. The van der Waals surface area contributed by atoms with E-state index in [0.29, 0.717) is 0 Å². The van der Waals surface area contributed by atoms with Gasteiger partial charge in [-0.05, 0) is 5.04 Å². The summed E-state index contributed by atoms with van der Waals surface area (Å²) < 4.78 is 1.94. The van der Waals surface area contributed by atoms with Crippen molar-refractivity contribution in [2.75, 3.05) is 7.05 Å². The summed E-state index contributed by atoms with van der Waals surface area (Å²) in [5.74, 6) is 0.182. The molecule has 0 aromatic heterocycles. The molecule has 0 saturated heterocycles. The van der Waals surface area contributed by atoms with Gasteiger partial charge in [0.05, 0.1) is 0 Å². The van der Waals surface area contributed by atoms with Gasteiger partial charge in [-0.2, -0.15) is 0 Å². The quantitative estimate of drug-likeness (QED) is 0.578. The molecule has 3 heteroatoms. The van der Waals surface area contributed by atoms with E-state index in [1.807, 2.05) is 11.6 Å². The van der Waals surface area contributed by atoms with Crippen LogP contribution in [0.15, 0.2) is 0 Å². The molecule has 2 nitrogen and oxygen atoms in total. The molecule has 0 aromatic carbocycles. The van der Waals surface area contributed by atoms with Crippen LogP contribution in [0, 0.1) is 0 Å². The van der Waals surface area contributed by atoms with Crippen LogP contribution in [0.2, 0.25) is 18.1 Å². The third-order valence-corrected chi connectivity index (χ3v) is 8.81. The van der Waals surface area contributed by atoms with Crippen LogP contribution in [0.5, 0.6) is 0 Å². The first-order chi connectivity index (χ1) is 5.10. The van der Waals surface area contributed by atoms with E-state index >= 15 is 0 Å².